The number of nitrogens with zero attached hydrogens (tertiary/aromatic N) is 3. The van der Waals surface area contributed by atoms with Crippen LogP contribution in [0, 0.1) is 11.3 Å². The summed E-state index contributed by atoms with van der Waals surface area (Å²) in [7, 11) is 0. The molecule has 0 saturated carbocycles. The first-order chi connectivity index (χ1) is 13.6. The van der Waals surface area contributed by atoms with E-state index < -0.39 is 0 Å². The molecule has 29 heavy (non-hydrogen) atoms. The summed E-state index contributed by atoms with van der Waals surface area (Å²) < 4.78 is 3.46. The van der Waals surface area contributed by atoms with Crippen molar-refractivity contribution in [3.63, 3.8) is 0 Å². The molecule has 0 bridgehead atoms. The predicted octanol–water partition coefficient (Wildman–Crippen LogP) is -0.413. The number of benzene rings is 2. The molecule has 0 radical (unpaired) electrons. The molecule has 7 nitrogen and oxygen atoms in total. The van der Waals surface area contributed by atoms with Crippen molar-refractivity contribution in [3.8, 4) is 6.07 Å². The van der Waals surface area contributed by atoms with Crippen molar-refractivity contribution in [2.24, 2.45) is 0 Å². The van der Waals surface area contributed by atoms with Gasteiger partial charge in [0.15, 0.2) is 13.1 Å². The van der Waals surface area contributed by atoms with Crippen molar-refractivity contribution in [1.29, 1.82) is 5.26 Å². The molecule has 0 atom stereocenters. The number of carbonyl (C=O) groups excluding carboxylic acids is 2. The second kappa shape index (κ2) is 12.7. The minimum atomic E-state index is -0.123. The van der Waals surface area contributed by atoms with E-state index in [0.29, 0.717) is 0 Å². The van der Waals surface area contributed by atoms with Crippen LogP contribution < -0.4 is 27.6 Å². The number of hydrogen-bond donors (Lipinski definition) is 2. The van der Waals surface area contributed by atoms with Gasteiger partial charge in [-0.2, -0.15) is 5.26 Å². The van der Waals surface area contributed by atoms with Crippen LogP contribution in [0.5, 0.6) is 0 Å². The number of nitriles is 1. The second-order valence-electron chi connectivity index (χ2n) is 5.81. The zero-order valence-electron chi connectivity index (χ0n) is 16.0. The van der Waals surface area contributed by atoms with Crippen LogP contribution in [0.15, 0.2) is 79.4 Å². The van der Waals surface area contributed by atoms with E-state index in [9.17, 15) is 9.59 Å². The monoisotopic (exact) mass is 411 g/mol. The van der Waals surface area contributed by atoms with E-state index >= 15 is 0 Å². The maximum atomic E-state index is 12.0. The average Bonchev–Trinajstić information content (AvgIpc) is 3.10. The molecule has 3 rings (SSSR count). The van der Waals surface area contributed by atoms with Crippen LogP contribution in [0.4, 0.5) is 11.4 Å². The van der Waals surface area contributed by atoms with Gasteiger partial charge in [0.1, 0.15) is 12.4 Å². The van der Waals surface area contributed by atoms with E-state index in [1.54, 1.807) is 33.9 Å². The smallest absolute Gasteiger partial charge is 0.266 e. The van der Waals surface area contributed by atoms with Gasteiger partial charge in [0.05, 0.1) is 6.07 Å². The van der Waals surface area contributed by atoms with Crippen LogP contribution in [0.2, 0.25) is 0 Å². The molecule has 0 aliphatic rings. The Hall–Kier alpha value is -3.63. The molecule has 8 heteroatoms. The highest BCUT2D eigenvalue weighted by molar-refractivity contribution is 5.90. The topological polar surface area (TPSA) is 90.8 Å². The quantitative estimate of drug-likeness (QED) is 0.540. The zero-order chi connectivity index (χ0) is 20.2. The molecule has 0 aliphatic heterocycles. The lowest BCUT2D eigenvalue weighted by molar-refractivity contribution is -0.683. The molecule has 0 aliphatic carbocycles. The van der Waals surface area contributed by atoms with Crippen LogP contribution in [0.1, 0.15) is 6.92 Å². The lowest BCUT2D eigenvalue weighted by atomic mass is 10.3. The van der Waals surface area contributed by atoms with Crippen molar-refractivity contribution < 1.29 is 26.6 Å². The molecular formula is C21H22ClN5O2. The van der Waals surface area contributed by atoms with Crippen molar-refractivity contribution >= 4 is 23.2 Å². The maximum Gasteiger partial charge on any atom is 0.266 e. The van der Waals surface area contributed by atoms with Crippen LogP contribution in [-0.4, -0.2) is 16.4 Å². The molecule has 1 heterocycles. The molecule has 2 N–H and O–H groups in total. The molecule has 1 aromatic heterocycles. The molecule has 0 fully saturated rings. The molecule has 2 aromatic carbocycles. The summed E-state index contributed by atoms with van der Waals surface area (Å²) in [6.07, 6.45) is 5.26. The highest BCUT2D eigenvalue weighted by Gasteiger charge is 2.12. The van der Waals surface area contributed by atoms with E-state index in [1.165, 1.54) is 6.92 Å². The fourth-order valence-corrected chi connectivity index (χ4v) is 2.40. The summed E-state index contributed by atoms with van der Waals surface area (Å²) >= 11 is 0. The largest absolute Gasteiger partial charge is 1.00 e. The van der Waals surface area contributed by atoms with Crippen molar-refractivity contribution in [1.82, 2.24) is 4.57 Å². The van der Waals surface area contributed by atoms with Gasteiger partial charge in [-0.25, -0.2) is 9.13 Å². The zero-order valence-corrected chi connectivity index (χ0v) is 16.7. The third-order valence-corrected chi connectivity index (χ3v) is 3.51. The Balaban J connectivity index is 0.000000990. The highest BCUT2D eigenvalue weighted by atomic mass is 35.5. The third kappa shape index (κ3) is 8.73. The number of halogens is 1. The fourth-order valence-electron chi connectivity index (χ4n) is 2.40. The van der Waals surface area contributed by atoms with Gasteiger partial charge in [0.2, 0.25) is 6.33 Å². The lowest BCUT2D eigenvalue weighted by Gasteiger charge is -2.03. The standard InChI is InChI=1S/C19H18N4O2.C2H3N.ClH/c24-18(20-16-7-3-1-4-8-16)13-22-11-12-23(15-22)14-19(25)21-17-9-5-2-6-10-17;1-2-3;/h1-12,15H,13-14H2,(H-,20,21,24,25);1H3;1H. The molecule has 2 amide bonds. The summed E-state index contributed by atoms with van der Waals surface area (Å²) in [6, 6.07) is 20.3. The Labute approximate surface area is 176 Å². The predicted molar refractivity (Wildman–Crippen MR) is 106 cm³/mol. The van der Waals surface area contributed by atoms with Gasteiger partial charge in [-0.3, -0.25) is 9.59 Å². The minimum absolute atomic E-state index is 0. The summed E-state index contributed by atoms with van der Waals surface area (Å²) in [5.74, 6) is -0.245. The Morgan fingerprint density at radius 3 is 1.97 bits per heavy atom. The summed E-state index contributed by atoms with van der Waals surface area (Å²) in [5, 5.41) is 13.0. The van der Waals surface area contributed by atoms with Crippen LogP contribution in [0.3, 0.4) is 0 Å². The highest BCUT2D eigenvalue weighted by Crippen LogP contribution is 2.05. The minimum Gasteiger partial charge on any atom is -1.00 e. The molecule has 0 saturated heterocycles. The normalized spacial score (nSPS) is 9.10. The van der Waals surface area contributed by atoms with Gasteiger partial charge in [-0.05, 0) is 24.3 Å². The molecule has 0 spiro atoms. The van der Waals surface area contributed by atoms with Gasteiger partial charge < -0.3 is 23.0 Å². The molecular weight excluding hydrogens is 390 g/mol. The number of anilines is 2. The number of para-hydroxylation sites is 2. The maximum absolute atomic E-state index is 12.0. The Morgan fingerprint density at radius 1 is 0.966 bits per heavy atom. The Kier molecular flexibility index (Phi) is 10.3. The number of nitrogens with one attached hydrogen (secondary N) is 2. The summed E-state index contributed by atoms with van der Waals surface area (Å²) in [6.45, 7) is 1.80. The Morgan fingerprint density at radius 2 is 1.45 bits per heavy atom. The number of carbonyl (C=O) groups is 2. The number of hydrogen-bond acceptors (Lipinski definition) is 3. The second-order valence-corrected chi connectivity index (χ2v) is 5.81. The SMILES string of the molecule is CC#N.O=C(Cn1cc[n+](CC(=O)Nc2ccccc2)c1)Nc1ccccc1.[Cl-]. The number of aromatic nitrogens is 2. The van der Waals surface area contributed by atoms with E-state index in [0.717, 1.165) is 11.4 Å². The van der Waals surface area contributed by atoms with E-state index in [4.69, 9.17) is 5.26 Å². The van der Waals surface area contributed by atoms with Crippen molar-refractivity contribution in [2.75, 3.05) is 10.6 Å². The lowest BCUT2D eigenvalue weighted by Crippen LogP contribution is -3.00. The molecule has 150 valence electrons. The van der Waals surface area contributed by atoms with E-state index in [1.807, 2.05) is 60.7 Å². The number of rotatable bonds is 6. The van der Waals surface area contributed by atoms with E-state index in [-0.39, 0.29) is 37.3 Å². The van der Waals surface area contributed by atoms with Crippen LogP contribution >= 0.6 is 0 Å². The summed E-state index contributed by atoms with van der Waals surface area (Å²) in [5.41, 5.74) is 1.52. The van der Waals surface area contributed by atoms with Gasteiger partial charge in [0.25, 0.3) is 11.8 Å². The van der Waals surface area contributed by atoms with Gasteiger partial charge in [-0.1, -0.05) is 36.4 Å². The first kappa shape index (κ1) is 23.4. The van der Waals surface area contributed by atoms with Crippen molar-refractivity contribution in [3.05, 3.63) is 79.4 Å². The van der Waals surface area contributed by atoms with Crippen LogP contribution in [-0.2, 0) is 22.7 Å². The van der Waals surface area contributed by atoms with E-state index in [2.05, 4.69) is 10.6 Å². The van der Waals surface area contributed by atoms with Gasteiger partial charge >= 0.3 is 0 Å². The number of amides is 2. The van der Waals surface area contributed by atoms with Gasteiger partial charge in [-0.15, -0.1) is 0 Å². The summed E-state index contributed by atoms with van der Waals surface area (Å²) in [4.78, 5) is 24.1. The molecule has 0 unspecified atom stereocenters. The Bertz CT molecular complexity index is 866. The van der Waals surface area contributed by atoms with Crippen LogP contribution in [0.25, 0.3) is 0 Å². The fraction of sp³-hybridized carbons (Fsp3) is 0.143. The first-order valence-electron chi connectivity index (χ1n) is 8.66. The number of imidazole rings is 1. The third-order valence-electron chi connectivity index (χ3n) is 3.51. The first-order valence-corrected chi connectivity index (χ1v) is 8.66. The van der Waals surface area contributed by atoms with Crippen molar-refractivity contribution in [2.45, 2.75) is 20.0 Å². The average molecular weight is 412 g/mol. The molecule has 3 aromatic rings. The van der Waals surface area contributed by atoms with Gasteiger partial charge in [0, 0.05) is 18.3 Å².